The molecule has 2 aromatic carbocycles. The molecule has 0 atom stereocenters. The van der Waals surface area contributed by atoms with Crippen molar-refractivity contribution in [3.8, 4) is 21.1 Å². The summed E-state index contributed by atoms with van der Waals surface area (Å²) in [6.45, 7) is 10.5. The fourth-order valence-electron chi connectivity index (χ4n) is 4.60. The number of benzene rings is 2. The third-order valence-corrected chi connectivity index (χ3v) is 8.83. The molecule has 0 unspecified atom stereocenters. The van der Waals surface area contributed by atoms with Crippen LogP contribution in [0.25, 0.3) is 31.4 Å². The van der Waals surface area contributed by atoms with Crippen LogP contribution in [0.15, 0.2) is 35.7 Å². The van der Waals surface area contributed by atoms with E-state index in [1.165, 1.54) is 0 Å². The lowest BCUT2D eigenvalue weighted by atomic mass is 9.93. The topological polar surface area (TPSA) is 69.6 Å². The molecule has 4 aromatic rings. The van der Waals surface area contributed by atoms with Crippen LogP contribution in [0.1, 0.15) is 25.0 Å². The summed E-state index contributed by atoms with van der Waals surface area (Å²) in [6.07, 6.45) is -0.0449. The highest BCUT2D eigenvalue weighted by Crippen LogP contribution is 2.42. The van der Waals surface area contributed by atoms with E-state index < -0.39 is 5.97 Å². The number of hydrogen-bond donors (Lipinski definition) is 1. The van der Waals surface area contributed by atoms with Crippen LogP contribution in [-0.2, 0) is 11.2 Å². The van der Waals surface area contributed by atoms with E-state index >= 15 is 0 Å². The van der Waals surface area contributed by atoms with Gasteiger partial charge in [-0.3, -0.25) is 9.69 Å². The lowest BCUT2D eigenvalue weighted by molar-refractivity contribution is -0.136. The highest BCUT2D eigenvalue weighted by molar-refractivity contribution is 7.25. The predicted octanol–water partition coefficient (Wildman–Crippen LogP) is 6.21. The Kier molecular flexibility index (Phi) is 6.81. The molecule has 0 amide bonds. The van der Waals surface area contributed by atoms with E-state index in [-0.39, 0.29) is 6.42 Å². The Balaban J connectivity index is 1.53. The second-order valence-corrected chi connectivity index (χ2v) is 11.4. The van der Waals surface area contributed by atoms with Gasteiger partial charge in [0.1, 0.15) is 5.82 Å². The SMILES string of the molecule is Cc1cc2nc(-c3nc(N4CCN(C(C)C)CC4)cs3)sc2c(-c2ccc(Cl)cc2)c1CC(=O)O. The smallest absolute Gasteiger partial charge is 0.307 e. The second kappa shape index (κ2) is 9.85. The summed E-state index contributed by atoms with van der Waals surface area (Å²) in [5.74, 6) is 0.155. The number of rotatable bonds is 6. The first kappa shape index (κ1) is 24.2. The van der Waals surface area contributed by atoms with Crippen LogP contribution < -0.4 is 4.90 Å². The van der Waals surface area contributed by atoms with Crippen LogP contribution in [-0.4, -0.2) is 58.2 Å². The normalized spacial score (nSPS) is 14.8. The molecule has 3 heterocycles. The van der Waals surface area contributed by atoms with Gasteiger partial charge in [-0.1, -0.05) is 23.7 Å². The van der Waals surface area contributed by atoms with Gasteiger partial charge in [-0.2, -0.15) is 0 Å². The molecule has 1 aliphatic rings. The molecule has 9 heteroatoms. The molecule has 0 aliphatic carbocycles. The highest BCUT2D eigenvalue weighted by Gasteiger charge is 2.23. The van der Waals surface area contributed by atoms with Crippen molar-refractivity contribution in [2.24, 2.45) is 0 Å². The van der Waals surface area contributed by atoms with Crippen molar-refractivity contribution in [3.63, 3.8) is 0 Å². The lowest BCUT2D eigenvalue weighted by Gasteiger charge is -2.37. The Morgan fingerprint density at radius 3 is 2.49 bits per heavy atom. The van der Waals surface area contributed by atoms with Crippen molar-refractivity contribution in [2.75, 3.05) is 31.1 Å². The third-order valence-electron chi connectivity index (χ3n) is 6.52. The average molecular weight is 527 g/mol. The molecule has 0 bridgehead atoms. The maximum Gasteiger partial charge on any atom is 0.307 e. The molecule has 0 saturated carbocycles. The molecule has 182 valence electrons. The van der Waals surface area contributed by atoms with Crippen LogP contribution in [0, 0.1) is 6.92 Å². The number of aryl methyl sites for hydroxylation is 1. The molecular weight excluding hydrogens is 500 g/mol. The molecule has 35 heavy (non-hydrogen) atoms. The summed E-state index contributed by atoms with van der Waals surface area (Å²) in [5.41, 5.74) is 4.46. The minimum Gasteiger partial charge on any atom is -0.481 e. The largest absolute Gasteiger partial charge is 0.481 e. The van der Waals surface area contributed by atoms with E-state index in [9.17, 15) is 9.90 Å². The molecule has 0 radical (unpaired) electrons. The number of hydrogen-bond acceptors (Lipinski definition) is 7. The number of nitrogens with zero attached hydrogens (tertiary/aromatic N) is 4. The molecule has 5 rings (SSSR count). The summed E-state index contributed by atoms with van der Waals surface area (Å²) in [6, 6.07) is 10.1. The Bertz CT molecular complexity index is 1370. The number of carboxylic acids is 1. The predicted molar refractivity (Wildman–Crippen MR) is 146 cm³/mol. The first-order valence-electron chi connectivity index (χ1n) is 11.7. The zero-order chi connectivity index (χ0) is 24.7. The highest BCUT2D eigenvalue weighted by atomic mass is 35.5. The van der Waals surface area contributed by atoms with Gasteiger partial charge in [0.25, 0.3) is 0 Å². The minimum absolute atomic E-state index is 0.0449. The van der Waals surface area contributed by atoms with Gasteiger partial charge in [0, 0.05) is 48.2 Å². The summed E-state index contributed by atoms with van der Waals surface area (Å²) in [5, 5.41) is 14.1. The van der Waals surface area contributed by atoms with E-state index in [1.54, 1.807) is 22.7 Å². The Labute approximate surface area is 217 Å². The van der Waals surface area contributed by atoms with Crippen LogP contribution >= 0.6 is 34.3 Å². The number of aliphatic carboxylic acids is 1. The Hall–Kier alpha value is -2.52. The number of carboxylic acid groups (broad SMARTS) is 1. The molecule has 1 saturated heterocycles. The average Bonchev–Trinajstić information content (AvgIpc) is 3.47. The molecule has 0 spiro atoms. The van der Waals surface area contributed by atoms with Crippen molar-refractivity contribution in [2.45, 2.75) is 33.2 Å². The van der Waals surface area contributed by atoms with E-state index in [2.05, 4.69) is 29.0 Å². The van der Waals surface area contributed by atoms with Gasteiger partial charge in [-0.15, -0.1) is 22.7 Å². The van der Waals surface area contributed by atoms with E-state index in [0.29, 0.717) is 11.1 Å². The first-order valence-corrected chi connectivity index (χ1v) is 13.7. The van der Waals surface area contributed by atoms with Gasteiger partial charge in [0.15, 0.2) is 10.0 Å². The van der Waals surface area contributed by atoms with Crippen molar-refractivity contribution < 1.29 is 9.90 Å². The first-order chi connectivity index (χ1) is 16.8. The van der Waals surface area contributed by atoms with Crippen molar-refractivity contribution >= 4 is 56.3 Å². The number of aromatic nitrogens is 2. The summed E-state index contributed by atoms with van der Waals surface area (Å²) < 4.78 is 0.978. The van der Waals surface area contributed by atoms with Gasteiger partial charge >= 0.3 is 5.97 Å². The maximum atomic E-state index is 11.7. The number of carbonyl (C=O) groups is 1. The standard InChI is InChI=1S/C26H27ClN4O2S2/c1-15(2)30-8-10-31(11-9-30)21-14-34-25(29-21)26-28-20-12-16(3)19(13-22(32)33)23(24(20)35-26)17-4-6-18(27)7-5-17/h4-7,12,14-15H,8-11,13H2,1-3H3,(H,32,33). The summed E-state index contributed by atoms with van der Waals surface area (Å²) in [7, 11) is 0. The maximum absolute atomic E-state index is 11.7. The van der Waals surface area contributed by atoms with Crippen molar-refractivity contribution in [1.29, 1.82) is 0 Å². The van der Waals surface area contributed by atoms with Crippen LogP contribution in [0.3, 0.4) is 0 Å². The second-order valence-electron chi connectivity index (χ2n) is 9.12. The molecule has 1 aliphatic heterocycles. The number of anilines is 1. The third kappa shape index (κ3) is 4.93. The molecule has 1 N–H and O–H groups in total. The Morgan fingerprint density at radius 1 is 1.11 bits per heavy atom. The van der Waals surface area contributed by atoms with Crippen LogP contribution in [0.4, 0.5) is 5.82 Å². The number of halogens is 1. The van der Waals surface area contributed by atoms with Gasteiger partial charge in [0.05, 0.1) is 16.6 Å². The van der Waals surface area contributed by atoms with E-state index in [4.69, 9.17) is 21.6 Å². The van der Waals surface area contributed by atoms with Gasteiger partial charge in [-0.05, 0) is 55.7 Å². The minimum atomic E-state index is -0.852. The van der Waals surface area contributed by atoms with Crippen molar-refractivity contribution in [3.05, 3.63) is 51.9 Å². The Morgan fingerprint density at radius 2 is 1.83 bits per heavy atom. The zero-order valence-corrected chi connectivity index (χ0v) is 22.3. The lowest BCUT2D eigenvalue weighted by Crippen LogP contribution is -2.49. The van der Waals surface area contributed by atoms with Gasteiger partial charge < -0.3 is 10.0 Å². The van der Waals surface area contributed by atoms with Crippen LogP contribution in [0.5, 0.6) is 0 Å². The fraction of sp³-hybridized carbons (Fsp3) is 0.346. The zero-order valence-electron chi connectivity index (χ0n) is 19.9. The van der Waals surface area contributed by atoms with Gasteiger partial charge in [-0.25, -0.2) is 9.97 Å². The molecule has 1 fully saturated rings. The number of fused-ring (bicyclic) bond motifs is 1. The van der Waals surface area contributed by atoms with E-state index in [0.717, 1.165) is 74.5 Å². The molecule has 6 nitrogen and oxygen atoms in total. The molecular formula is C26H27ClN4O2S2. The summed E-state index contributed by atoms with van der Waals surface area (Å²) in [4.78, 5) is 26.4. The summed E-state index contributed by atoms with van der Waals surface area (Å²) >= 11 is 9.31. The van der Waals surface area contributed by atoms with Crippen LogP contribution in [0.2, 0.25) is 5.02 Å². The molecule has 2 aromatic heterocycles. The quantitative estimate of drug-likeness (QED) is 0.322. The number of thiazole rings is 2. The van der Waals surface area contributed by atoms with Crippen molar-refractivity contribution in [1.82, 2.24) is 14.9 Å². The van der Waals surface area contributed by atoms with E-state index in [1.807, 2.05) is 37.3 Å². The van der Waals surface area contributed by atoms with Gasteiger partial charge in [0.2, 0.25) is 0 Å². The fourth-order valence-corrected chi connectivity index (χ4v) is 6.73. The monoisotopic (exact) mass is 526 g/mol. The number of piperazine rings is 1.